The van der Waals surface area contributed by atoms with Crippen LogP contribution >= 0.6 is 11.3 Å². The van der Waals surface area contributed by atoms with E-state index in [0.29, 0.717) is 5.52 Å². The summed E-state index contributed by atoms with van der Waals surface area (Å²) < 4.78 is 37.9. The Morgan fingerprint density at radius 2 is 1.93 bits per heavy atom. The van der Waals surface area contributed by atoms with E-state index in [1.807, 2.05) is 0 Å². The van der Waals surface area contributed by atoms with Crippen molar-refractivity contribution in [2.24, 2.45) is 0 Å². The van der Waals surface area contributed by atoms with E-state index in [-0.39, 0.29) is 51.4 Å². The minimum atomic E-state index is -4.91. The first-order valence-corrected chi connectivity index (χ1v) is 4.85. The second kappa shape index (κ2) is 4.85. The molecule has 0 aliphatic carbocycles. The summed E-state index contributed by atoms with van der Waals surface area (Å²) in [6, 6.07) is 3.70. The fraction of sp³-hybridized carbons (Fsp3) is 0.125. The topological polar surface area (TPSA) is 12.9 Å². The number of halogens is 3. The third kappa shape index (κ3) is 3.04. The van der Waals surface area contributed by atoms with Gasteiger partial charge < -0.3 is 12.9 Å². The molecule has 0 amide bonds. The molecule has 0 bridgehead atoms. The first-order chi connectivity index (χ1) is 6.47. The Morgan fingerprint density at radius 3 is 2.53 bits per heavy atom. The Hall–Kier alpha value is 0.601. The van der Waals surface area contributed by atoms with E-state index in [1.165, 1.54) is 17.4 Å². The number of rotatable bonds is 1. The van der Waals surface area contributed by atoms with E-state index in [2.05, 4.69) is 4.98 Å². The predicted octanol–water partition coefficient (Wildman–Crippen LogP) is -0.337. The van der Waals surface area contributed by atoms with Gasteiger partial charge in [-0.2, -0.15) is 0 Å². The Kier molecular flexibility index (Phi) is 4.42. The van der Waals surface area contributed by atoms with Crippen molar-refractivity contribution in [2.45, 2.75) is 6.92 Å². The monoisotopic (exact) mass is 255 g/mol. The molecule has 1 aromatic carbocycles. The molecule has 0 atom stereocenters. The molecule has 0 saturated carbocycles. The average molecular weight is 255 g/mol. The third-order valence-electron chi connectivity index (χ3n) is 1.90. The van der Waals surface area contributed by atoms with Crippen molar-refractivity contribution in [3.8, 4) is 0 Å². The normalized spacial score (nSPS) is 11.5. The molecule has 7 heteroatoms. The number of nitrogens with zero attached hydrogens (tertiary/aromatic N) is 1. The van der Waals surface area contributed by atoms with E-state index >= 15 is 0 Å². The van der Waals surface area contributed by atoms with Crippen molar-refractivity contribution in [2.75, 3.05) is 0 Å². The van der Waals surface area contributed by atoms with Gasteiger partial charge in [0.25, 0.3) is 0 Å². The van der Waals surface area contributed by atoms with Gasteiger partial charge in [-0.15, -0.1) is 16.8 Å². The summed E-state index contributed by atoms with van der Waals surface area (Å²) in [5.74, 6) is 0. The molecular weight excluding hydrogens is 249 g/mol. The molecule has 0 unspecified atom stereocenters. The van der Waals surface area contributed by atoms with Crippen LogP contribution in [0.5, 0.6) is 0 Å². The zero-order chi connectivity index (χ0) is 10.3. The molecule has 0 aliphatic rings. The van der Waals surface area contributed by atoms with Gasteiger partial charge in [-0.1, -0.05) is 12.1 Å². The molecule has 15 heavy (non-hydrogen) atoms. The van der Waals surface area contributed by atoms with E-state index in [1.54, 1.807) is 6.92 Å². The standard InChI is InChI=1S/C8H6BF3NS.K/c1-5-13-7-4-6(9(10,11)12)2-3-8(7)14-5;/h2-4H,1H3;/q-1;+1. The first-order valence-electron chi connectivity index (χ1n) is 4.04. The molecule has 1 heterocycles. The molecule has 1 aromatic heterocycles. The summed E-state index contributed by atoms with van der Waals surface area (Å²) in [4.78, 5) is 4.02. The molecule has 0 aliphatic heterocycles. The van der Waals surface area contributed by atoms with Crippen LogP contribution in [0.2, 0.25) is 0 Å². The molecule has 1 nitrogen and oxygen atoms in total. The van der Waals surface area contributed by atoms with Crippen LogP contribution in [0.15, 0.2) is 18.2 Å². The average Bonchev–Trinajstić information content (AvgIpc) is 2.41. The fourth-order valence-electron chi connectivity index (χ4n) is 1.26. The Bertz CT molecular complexity index is 482. The largest absolute Gasteiger partial charge is 1.00 e. The van der Waals surface area contributed by atoms with Crippen LogP contribution in [0.1, 0.15) is 5.01 Å². The van der Waals surface area contributed by atoms with Crippen LogP contribution in [0.4, 0.5) is 12.9 Å². The summed E-state index contributed by atoms with van der Waals surface area (Å²) >= 11 is 1.40. The summed E-state index contributed by atoms with van der Waals surface area (Å²) in [5.41, 5.74) is -0.146. The second-order valence-electron chi connectivity index (χ2n) is 3.03. The van der Waals surface area contributed by atoms with Gasteiger partial charge in [0.1, 0.15) is 0 Å². The maximum atomic E-state index is 12.4. The van der Waals surface area contributed by atoms with Gasteiger partial charge >= 0.3 is 58.4 Å². The van der Waals surface area contributed by atoms with Crippen molar-refractivity contribution in [3.05, 3.63) is 23.2 Å². The minimum absolute atomic E-state index is 0. The van der Waals surface area contributed by atoms with Gasteiger partial charge in [-0.05, 0) is 13.0 Å². The molecular formula is C8H6BF3KNS. The summed E-state index contributed by atoms with van der Waals surface area (Å²) in [6.07, 6.45) is 0. The van der Waals surface area contributed by atoms with E-state index < -0.39 is 12.4 Å². The number of thiazole rings is 1. The quantitative estimate of drug-likeness (QED) is 0.635. The SMILES string of the molecule is Cc1nc2cc([B-](F)(F)F)ccc2s1.[K+]. The summed E-state index contributed by atoms with van der Waals surface area (Å²) in [5, 5.41) is 0.784. The maximum Gasteiger partial charge on any atom is 1.00 e. The molecule has 0 radical (unpaired) electrons. The number of hydrogen-bond acceptors (Lipinski definition) is 2. The number of hydrogen-bond donors (Lipinski definition) is 0. The molecule has 0 spiro atoms. The van der Waals surface area contributed by atoms with Crippen LogP contribution in [0.25, 0.3) is 10.2 Å². The first kappa shape index (κ1) is 13.7. The zero-order valence-corrected chi connectivity index (χ0v) is 12.2. The maximum absolute atomic E-state index is 12.4. The van der Waals surface area contributed by atoms with Crippen molar-refractivity contribution in [1.29, 1.82) is 0 Å². The van der Waals surface area contributed by atoms with Gasteiger partial charge in [0.15, 0.2) is 0 Å². The molecule has 0 saturated heterocycles. The fourth-order valence-corrected chi connectivity index (χ4v) is 2.07. The summed E-state index contributed by atoms with van der Waals surface area (Å²) in [6.45, 7) is -3.13. The van der Waals surface area contributed by atoms with Gasteiger partial charge in [-0.25, -0.2) is 4.98 Å². The van der Waals surface area contributed by atoms with Crippen molar-refractivity contribution in [3.63, 3.8) is 0 Å². The van der Waals surface area contributed by atoms with Crippen LogP contribution < -0.4 is 56.8 Å². The Balaban J connectivity index is 0.00000112. The van der Waals surface area contributed by atoms with Gasteiger partial charge in [-0.3, -0.25) is 0 Å². The van der Waals surface area contributed by atoms with Crippen LogP contribution in [0, 0.1) is 6.92 Å². The van der Waals surface area contributed by atoms with Crippen LogP contribution in [-0.2, 0) is 0 Å². The number of fused-ring (bicyclic) bond motifs is 1. The second-order valence-corrected chi connectivity index (χ2v) is 4.27. The van der Waals surface area contributed by atoms with Crippen molar-refractivity contribution >= 4 is 34.0 Å². The Morgan fingerprint density at radius 1 is 1.27 bits per heavy atom. The molecule has 2 rings (SSSR count). The molecule has 0 N–H and O–H groups in total. The Labute approximate surface area is 132 Å². The van der Waals surface area contributed by atoms with Gasteiger partial charge in [0.05, 0.1) is 15.2 Å². The van der Waals surface area contributed by atoms with E-state index in [4.69, 9.17) is 0 Å². The predicted molar refractivity (Wildman–Crippen MR) is 53.1 cm³/mol. The van der Waals surface area contributed by atoms with Crippen LogP contribution in [-0.4, -0.2) is 12.0 Å². The van der Waals surface area contributed by atoms with Crippen molar-refractivity contribution < 1.29 is 64.3 Å². The minimum Gasteiger partial charge on any atom is -0.445 e. The van der Waals surface area contributed by atoms with E-state index in [9.17, 15) is 12.9 Å². The molecule has 2 aromatic rings. The number of benzene rings is 1. The van der Waals surface area contributed by atoms with Gasteiger partial charge in [0, 0.05) is 0 Å². The molecule has 74 valence electrons. The molecule has 0 fully saturated rings. The van der Waals surface area contributed by atoms with Crippen LogP contribution in [0.3, 0.4) is 0 Å². The van der Waals surface area contributed by atoms with Gasteiger partial charge in [0.2, 0.25) is 0 Å². The van der Waals surface area contributed by atoms with E-state index in [0.717, 1.165) is 21.8 Å². The number of aryl methyl sites for hydroxylation is 1. The third-order valence-corrected chi connectivity index (χ3v) is 2.85. The summed E-state index contributed by atoms with van der Waals surface area (Å²) in [7, 11) is 0. The smallest absolute Gasteiger partial charge is 0.445 e. The zero-order valence-electron chi connectivity index (χ0n) is 8.30. The number of aromatic nitrogens is 1. The van der Waals surface area contributed by atoms with Crippen molar-refractivity contribution in [1.82, 2.24) is 4.98 Å².